The monoisotopic (exact) mass is 356 g/mol. The van der Waals surface area contributed by atoms with E-state index in [-0.39, 0.29) is 36.4 Å². The van der Waals surface area contributed by atoms with Gasteiger partial charge in [-0.05, 0) is 38.5 Å². The van der Waals surface area contributed by atoms with Crippen molar-refractivity contribution in [1.29, 1.82) is 0 Å². The van der Waals surface area contributed by atoms with E-state index in [1.165, 1.54) is 0 Å². The Morgan fingerprint density at radius 1 is 1.35 bits per heavy atom. The van der Waals surface area contributed by atoms with Crippen LogP contribution in [-0.2, 0) is 16.0 Å². The highest BCUT2D eigenvalue weighted by Gasteiger charge is 2.19. The van der Waals surface area contributed by atoms with Crippen LogP contribution in [0.15, 0.2) is 23.0 Å². The molecule has 8 nitrogen and oxygen atoms in total. The smallest absolute Gasteiger partial charge is 0.262 e. The van der Waals surface area contributed by atoms with Gasteiger partial charge in [0.1, 0.15) is 11.6 Å². The number of aryl methyl sites for hydroxylation is 2. The minimum absolute atomic E-state index is 0.00286. The molecule has 0 saturated carbocycles. The van der Waals surface area contributed by atoms with Crippen molar-refractivity contribution in [3.63, 3.8) is 0 Å². The molecular weight excluding hydrogens is 336 g/mol. The van der Waals surface area contributed by atoms with Crippen molar-refractivity contribution in [3.05, 3.63) is 51.2 Å². The maximum atomic E-state index is 12.3. The maximum Gasteiger partial charge on any atom is 0.262 e. The number of carbonyl (C=O) groups excluding carboxylic acids is 2. The highest BCUT2D eigenvalue weighted by atomic mass is 16.5. The number of carbonyl (C=O) groups is 2. The molecule has 26 heavy (non-hydrogen) atoms. The van der Waals surface area contributed by atoms with E-state index in [2.05, 4.69) is 20.6 Å². The molecule has 0 fully saturated rings. The standard InChI is InChI=1S/C18H20N4O4/c1-9(12-4-5-15-14(6-12)22-17(24)8-26-15)20-16(23)7-13-10(2)19-11(3)21-18(13)25/h4-6,9H,7-8H2,1-3H3,(H,20,23)(H,22,24)(H,19,21,25)/t9-/m1/s1. The summed E-state index contributed by atoms with van der Waals surface area (Å²) < 4.78 is 5.32. The van der Waals surface area contributed by atoms with Crippen LogP contribution in [0.1, 0.15) is 35.6 Å². The summed E-state index contributed by atoms with van der Waals surface area (Å²) in [6.07, 6.45) is -0.0520. The number of fused-ring (bicyclic) bond motifs is 1. The summed E-state index contributed by atoms with van der Waals surface area (Å²) in [5.41, 5.74) is 1.99. The van der Waals surface area contributed by atoms with E-state index in [4.69, 9.17) is 4.74 Å². The van der Waals surface area contributed by atoms with Gasteiger partial charge in [0.2, 0.25) is 5.91 Å². The molecule has 2 amide bonds. The van der Waals surface area contributed by atoms with E-state index in [0.717, 1.165) is 5.56 Å². The number of aromatic amines is 1. The molecule has 8 heteroatoms. The van der Waals surface area contributed by atoms with Crippen LogP contribution in [-0.4, -0.2) is 28.4 Å². The third-order valence-corrected chi connectivity index (χ3v) is 4.19. The zero-order valence-electron chi connectivity index (χ0n) is 14.8. The Kier molecular flexibility index (Phi) is 4.75. The summed E-state index contributed by atoms with van der Waals surface area (Å²) in [5.74, 6) is 0.616. The predicted molar refractivity (Wildman–Crippen MR) is 95.2 cm³/mol. The van der Waals surface area contributed by atoms with E-state index in [1.54, 1.807) is 26.0 Å². The Bertz CT molecular complexity index is 935. The minimum atomic E-state index is -0.301. The molecule has 2 heterocycles. The van der Waals surface area contributed by atoms with Crippen LogP contribution in [0.2, 0.25) is 0 Å². The van der Waals surface area contributed by atoms with Crippen molar-refractivity contribution in [2.24, 2.45) is 0 Å². The number of H-pyrrole nitrogens is 1. The highest BCUT2D eigenvalue weighted by molar-refractivity contribution is 5.95. The summed E-state index contributed by atoms with van der Waals surface area (Å²) in [6, 6.07) is 5.05. The fourth-order valence-electron chi connectivity index (χ4n) is 2.87. The van der Waals surface area contributed by atoms with Gasteiger partial charge >= 0.3 is 0 Å². The lowest BCUT2D eigenvalue weighted by molar-refractivity contribution is -0.121. The van der Waals surface area contributed by atoms with Gasteiger partial charge in [-0.1, -0.05) is 6.07 Å². The molecule has 0 saturated heterocycles. The van der Waals surface area contributed by atoms with E-state index in [9.17, 15) is 14.4 Å². The third kappa shape index (κ3) is 3.74. The van der Waals surface area contributed by atoms with Crippen molar-refractivity contribution in [1.82, 2.24) is 15.3 Å². The lowest BCUT2D eigenvalue weighted by Gasteiger charge is -2.21. The lowest BCUT2D eigenvalue weighted by atomic mass is 10.1. The van der Waals surface area contributed by atoms with Gasteiger partial charge in [0, 0.05) is 11.3 Å². The van der Waals surface area contributed by atoms with E-state index < -0.39 is 0 Å². The molecule has 2 aromatic rings. The van der Waals surface area contributed by atoms with Gasteiger partial charge in [0.25, 0.3) is 11.5 Å². The number of amides is 2. The normalized spacial score (nSPS) is 14.0. The number of benzene rings is 1. The summed E-state index contributed by atoms with van der Waals surface area (Å²) in [7, 11) is 0. The number of ether oxygens (including phenoxy) is 1. The second-order valence-corrected chi connectivity index (χ2v) is 6.27. The van der Waals surface area contributed by atoms with Crippen LogP contribution < -0.4 is 20.9 Å². The number of nitrogens with zero attached hydrogens (tertiary/aromatic N) is 1. The Morgan fingerprint density at radius 2 is 2.12 bits per heavy atom. The van der Waals surface area contributed by atoms with Crippen LogP contribution in [0.3, 0.4) is 0 Å². The number of hydrogen-bond acceptors (Lipinski definition) is 5. The third-order valence-electron chi connectivity index (χ3n) is 4.19. The van der Waals surface area contributed by atoms with Gasteiger partial charge in [0.15, 0.2) is 6.61 Å². The Balaban J connectivity index is 1.71. The van der Waals surface area contributed by atoms with Crippen molar-refractivity contribution in [2.45, 2.75) is 33.2 Å². The van der Waals surface area contributed by atoms with Crippen molar-refractivity contribution < 1.29 is 14.3 Å². The van der Waals surface area contributed by atoms with Crippen LogP contribution in [0.4, 0.5) is 5.69 Å². The van der Waals surface area contributed by atoms with Gasteiger partial charge in [-0.25, -0.2) is 4.98 Å². The second kappa shape index (κ2) is 6.99. The summed E-state index contributed by atoms with van der Waals surface area (Å²) >= 11 is 0. The summed E-state index contributed by atoms with van der Waals surface area (Å²) in [6.45, 7) is 5.23. The molecule has 136 valence electrons. The number of nitrogens with one attached hydrogen (secondary N) is 3. The average Bonchev–Trinajstić information content (AvgIpc) is 2.57. The molecule has 1 atom stereocenters. The first kappa shape index (κ1) is 17.7. The van der Waals surface area contributed by atoms with E-state index >= 15 is 0 Å². The van der Waals surface area contributed by atoms with Gasteiger partial charge in [-0.15, -0.1) is 0 Å². The fraction of sp³-hybridized carbons (Fsp3) is 0.333. The molecule has 0 bridgehead atoms. The summed E-state index contributed by atoms with van der Waals surface area (Å²) in [5, 5.41) is 5.60. The first-order chi connectivity index (χ1) is 12.3. The summed E-state index contributed by atoms with van der Waals surface area (Å²) in [4.78, 5) is 42.6. The molecule has 1 aliphatic heterocycles. The molecule has 0 aliphatic carbocycles. The Morgan fingerprint density at radius 3 is 2.85 bits per heavy atom. The van der Waals surface area contributed by atoms with Gasteiger partial charge in [0.05, 0.1) is 18.2 Å². The molecule has 1 aromatic carbocycles. The number of aromatic nitrogens is 2. The maximum absolute atomic E-state index is 12.3. The van der Waals surface area contributed by atoms with E-state index in [1.807, 2.05) is 13.0 Å². The van der Waals surface area contributed by atoms with E-state index in [0.29, 0.717) is 28.5 Å². The Labute approximate surface area is 150 Å². The van der Waals surface area contributed by atoms with Gasteiger partial charge in [-0.2, -0.15) is 0 Å². The van der Waals surface area contributed by atoms with Crippen LogP contribution in [0, 0.1) is 13.8 Å². The average molecular weight is 356 g/mol. The lowest BCUT2D eigenvalue weighted by Crippen LogP contribution is -2.31. The quantitative estimate of drug-likeness (QED) is 0.760. The Hall–Kier alpha value is -3.16. The van der Waals surface area contributed by atoms with Crippen molar-refractivity contribution in [2.75, 3.05) is 11.9 Å². The number of hydrogen-bond donors (Lipinski definition) is 3. The molecule has 0 spiro atoms. The molecule has 3 rings (SSSR count). The zero-order chi connectivity index (χ0) is 18.8. The van der Waals surface area contributed by atoms with Crippen molar-refractivity contribution >= 4 is 17.5 Å². The van der Waals surface area contributed by atoms with Crippen LogP contribution >= 0.6 is 0 Å². The fourth-order valence-corrected chi connectivity index (χ4v) is 2.87. The second-order valence-electron chi connectivity index (χ2n) is 6.27. The highest BCUT2D eigenvalue weighted by Crippen LogP contribution is 2.30. The topological polar surface area (TPSA) is 113 Å². The number of anilines is 1. The molecule has 1 aromatic heterocycles. The first-order valence-corrected chi connectivity index (χ1v) is 8.26. The molecule has 3 N–H and O–H groups in total. The van der Waals surface area contributed by atoms with Crippen LogP contribution in [0.5, 0.6) is 5.75 Å². The molecule has 0 unspecified atom stereocenters. The molecule has 1 aliphatic rings. The number of rotatable bonds is 4. The van der Waals surface area contributed by atoms with Gasteiger partial charge < -0.3 is 20.4 Å². The minimum Gasteiger partial charge on any atom is -0.482 e. The zero-order valence-corrected chi connectivity index (χ0v) is 14.8. The van der Waals surface area contributed by atoms with Gasteiger partial charge in [-0.3, -0.25) is 14.4 Å². The predicted octanol–water partition coefficient (Wildman–Crippen LogP) is 1.14. The largest absolute Gasteiger partial charge is 0.482 e. The first-order valence-electron chi connectivity index (χ1n) is 8.26. The van der Waals surface area contributed by atoms with Crippen LogP contribution in [0.25, 0.3) is 0 Å². The molecular formula is C18H20N4O4. The van der Waals surface area contributed by atoms with Crippen molar-refractivity contribution in [3.8, 4) is 5.75 Å². The SMILES string of the molecule is Cc1nc(C)c(CC(=O)N[C@H](C)c2ccc3c(c2)NC(=O)CO3)c(=O)[nH]1. The molecule has 0 radical (unpaired) electrons.